The Morgan fingerprint density at radius 1 is 1.07 bits per heavy atom. The first-order chi connectivity index (χ1) is 14.3. The van der Waals surface area contributed by atoms with Crippen LogP contribution in [0.3, 0.4) is 0 Å². The average molecular weight is 448 g/mol. The zero-order valence-corrected chi connectivity index (χ0v) is 18.4. The third-order valence-corrected chi connectivity index (χ3v) is 5.14. The Morgan fingerprint density at radius 2 is 1.83 bits per heavy atom. The van der Waals surface area contributed by atoms with Gasteiger partial charge in [-0.25, -0.2) is 0 Å². The summed E-state index contributed by atoms with van der Waals surface area (Å²) in [5.74, 6) is 0.0562. The number of carbonyl (C=O) groups is 2. The smallest absolute Gasteiger partial charge is 0.253 e. The summed E-state index contributed by atoms with van der Waals surface area (Å²) in [6, 6.07) is 9.05. The molecule has 2 unspecified atom stereocenters. The SMILES string of the molecule is CC(C)CC(NC(=O)c1ccc(Cl)cc1Cl)C(=O)NC(C)c1nnc2ccccn12. The summed E-state index contributed by atoms with van der Waals surface area (Å²) in [4.78, 5) is 25.7. The summed E-state index contributed by atoms with van der Waals surface area (Å²) in [5.41, 5.74) is 0.956. The number of fused-ring (bicyclic) bond motifs is 1. The number of benzene rings is 1. The number of carbonyl (C=O) groups excluding carboxylic acids is 2. The van der Waals surface area contributed by atoms with E-state index in [-0.39, 0.29) is 22.4 Å². The van der Waals surface area contributed by atoms with Crippen LogP contribution in [0, 0.1) is 5.92 Å². The van der Waals surface area contributed by atoms with Crippen LogP contribution in [-0.2, 0) is 4.79 Å². The third kappa shape index (κ3) is 5.09. The molecule has 3 aromatic rings. The van der Waals surface area contributed by atoms with Gasteiger partial charge in [0.1, 0.15) is 6.04 Å². The highest BCUT2D eigenvalue weighted by molar-refractivity contribution is 6.36. The summed E-state index contributed by atoms with van der Waals surface area (Å²) < 4.78 is 1.81. The van der Waals surface area contributed by atoms with E-state index in [9.17, 15) is 9.59 Å². The van der Waals surface area contributed by atoms with E-state index in [1.165, 1.54) is 12.1 Å². The molecule has 2 amide bonds. The molecule has 30 heavy (non-hydrogen) atoms. The molecule has 0 aliphatic carbocycles. The molecule has 2 heterocycles. The second-order valence-electron chi connectivity index (χ2n) is 7.50. The first-order valence-electron chi connectivity index (χ1n) is 9.62. The number of hydrogen-bond donors (Lipinski definition) is 2. The van der Waals surface area contributed by atoms with Gasteiger partial charge in [0.15, 0.2) is 11.5 Å². The highest BCUT2D eigenvalue weighted by atomic mass is 35.5. The molecule has 0 fully saturated rings. The van der Waals surface area contributed by atoms with Gasteiger partial charge in [0.25, 0.3) is 5.91 Å². The number of rotatable bonds is 7. The van der Waals surface area contributed by atoms with E-state index >= 15 is 0 Å². The number of aromatic nitrogens is 3. The van der Waals surface area contributed by atoms with Gasteiger partial charge in [0.05, 0.1) is 16.6 Å². The molecular weight excluding hydrogens is 425 g/mol. The fourth-order valence-corrected chi connectivity index (χ4v) is 3.64. The van der Waals surface area contributed by atoms with Crippen LogP contribution in [0.5, 0.6) is 0 Å². The number of pyridine rings is 1. The largest absolute Gasteiger partial charge is 0.345 e. The monoisotopic (exact) mass is 447 g/mol. The Hall–Kier alpha value is -2.64. The van der Waals surface area contributed by atoms with Crippen molar-refractivity contribution in [1.29, 1.82) is 0 Å². The molecule has 0 bridgehead atoms. The normalized spacial score (nSPS) is 13.3. The Morgan fingerprint density at radius 3 is 2.53 bits per heavy atom. The third-order valence-electron chi connectivity index (χ3n) is 4.59. The molecule has 0 radical (unpaired) electrons. The molecule has 0 saturated heterocycles. The van der Waals surface area contributed by atoms with E-state index in [4.69, 9.17) is 23.2 Å². The van der Waals surface area contributed by atoms with Crippen molar-refractivity contribution in [3.05, 3.63) is 64.0 Å². The second-order valence-corrected chi connectivity index (χ2v) is 8.34. The summed E-state index contributed by atoms with van der Waals surface area (Å²) in [6.45, 7) is 5.79. The van der Waals surface area contributed by atoms with Gasteiger partial charge in [-0.15, -0.1) is 10.2 Å². The molecule has 0 spiro atoms. The number of nitrogens with zero attached hydrogens (tertiary/aromatic N) is 3. The molecular formula is C21H23Cl2N5O2. The maximum atomic E-state index is 13.0. The van der Waals surface area contributed by atoms with Gasteiger partial charge < -0.3 is 10.6 Å². The van der Waals surface area contributed by atoms with Crippen molar-refractivity contribution in [3.8, 4) is 0 Å². The summed E-state index contributed by atoms with van der Waals surface area (Å²) >= 11 is 12.0. The van der Waals surface area contributed by atoms with E-state index in [1.54, 1.807) is 6.07 Å². The van der Waals surface area contributed by atoms with E-state index in [0.29, 0.717) is 22.9 Å². The zero-order chi connectivity index (χ0) is 21.8. The Balaban J connectivity index is 1.75. The number of nitrogens with one attached hydrogen (secondary N) is 2. The Labute approximate surface area is 184 Å². The first-order valence-corrected chi connectivity index (χ1v) is 10.4. The van der Waals surface area contributed by atoms with Crippen LogP contribution in [0.15, 0.2) is 42.6 Å². The molecule has 2 atom stereocenters. The quantitative estimate of drug-likeness (QED) is 0.571. The van der Waals surface area contributed by atoms with Crippen LogP contribution < -0.4 is 10.6 Å². The van der Waals surface area contributed by atoms with Crippen LogP contribution >= 0.6 is 23.2 Å². The van der Waals surface area contributed by atoms with Crippen LogP contribution in [0.4, 0.5) is 0 Å². The fourth-order valence-electron chi connectivity index (χ4n) is 3.15. The van der Waals surface area contributed by atoms with Gasteiger partial charge in [-0.3, -0.25) is 14.0 Å². The van der Waals surface area contributed by atoms with Gasteiger partial charge in [-0.05, 0) is 49.6 Å². The summed E-state index contributed by atoms with van der Waals surface area (Å²) in [5, 5.41) is 14.7. The van der Waals surface area contributed by atoms with Gasteiger partial charge in [0, 0.05) is 11.2 Å². The van der Waals surface area contributed by atoms with Crippen LogP contribution in [0.1, 0.15) is 49.4 Å². The lowest BCUT2D eigenvalue weighted by Crippen LogP contribution is -2.48. The lowest BCUT2D eigenvalue weighted by molar-refractivity contribution is -0.124. The van der Waals surface area contributed by atoms with Crippen molar-refractivity contribution in [2.75, 3.05) is 0 Å². The molecule has 0 saturated carbocycles. The standard InChI is InChI=1S/C21H23Cl2N5O2/c1-12(2)10-17(25-20(29)15-8-7-14(22)11-16(15)23)21(30)24-13(3)19-27-26-18-6-4-5-9-28(18)19/h4-9,11-13,17H,10H2,1-3H3,(H,24,30)(H,25,29). The zero-order valence-electron chi connectivity index (χ0n) is 16.9. The average Bonchev–Trinajstić information content (AvgIpc) is 3.11. The molecule has 7 nitrogen and oxygen atoms in total. The minimum absolute atomic E-state index is 0.186. The van der Waals surface area contributed by atoms with Crippen molar-refractivity contribution < 1.29 is 9.59 Å². The minimum Gasteiger partial charge on any atom is -0.345 e. The molecule has 9 heteroatoms. The Kier molecular flexibility index (Phi) is 6.95. The van der Waals surface area contributed by atoms with Gasteiger partial charge >= 0.3 is 0 Å². The van der Waals surface area contributed by atoms with Crippen LogP contribution in [0.25, 0.3) is 5.65 Å². The fraction of sp³-hybridized carbons (Fsp3) is 0.333. The molecule has 2 N–H and O–H groups in total. The van der Waals surface area contributed by atoms with E-state index < -0.39 is 18.0 Å². The highest BCUT2D eigenvalue weighted by Crippen LogP contribution is 2.21. The minimum atomic E-state index is -0.731. The Bertz CT molecular complexity index is 1070. The van der Waals surface area contributed by atoms with Crippen molar-refractivity contribution >= 4 is 40.7 Å². The topological polar surface area (TPSA) is 88.4 Å². The molecule has 0 aliphatic rings. The van der Waals surface area contributed by atoms with Crippen molar-refractivity contribution in [2.24, 2.45) is 5.92 Å². The number of halogens is 2. The van der Waals surface area contributed by atoms with Gasteiger partial charge in [-0.2, -0.15) is 0 Å². The van der Waals surface area contributed by atoms with Gasteiger partial charge in [0.2, 0.25) is 5.91 Å². The van der Waals surface area contributed by atoms with Crippen molar-refractivity contribution in [3.63, 3.8) is 0 Å². The number of amides is 2. The predicted octanol–water partition coefficient (Wildman–Crippen LogP) is 4.06. The van der Waals surface area contributed by atoms with Crippen molar-refractivity contribution in [1.82, 2.24) is 25.2 Å². The van der Waals surface area contributed by atoms with Crippen LogP contribution in [-0.4, -0.2) is 32.5 Å². The van der Waals surface area contributed by atoms with E-state index in [0.717, 1.165) is 0 Å². The molecule has 3 rings (SSSR count). The van der Waals surface area contributed by atoms with E-state index in [2.05, 4.69) is 20.8 Å². The molecule has 2 aromatic heterocycles. The van der Waals surface area contributed by atoms with E-state index in [1.807, 2.05) is 49.6 Å². The maximum absolute atomic E-state index is 13.0. The van der Waals surface area contributed by atoms with Gasteiger partial charge in [-0.1, -0.05) is 43.1 Å². The maximum Gasteiger partial charge on any atom is 0.253 e. The van der Waals surface area contributed by atoms with Crippen LogP contribution in [0.2, 0.25) is 10.0 Å². The summed E-state index contributed by atoms with van der Waals surface area (Å²) in [7, 11) is 0. The van der Waals surface area contributed by atoms with Crippen molar-refractivity contribution in [2.45, 2.75) is 39.3 Å². The molecule has 158 valence electrons. The lowest BCUT2D eigenvalue weighted by atomic mass is 10.0. The summed E-state index contributed by atoms with van der Waals surface area (Å²) in [6.07, 6.45) is 2.30. The molecule has 0 aliphatic heterocycles. The first kappa shape index (κ1) is 22.1. The predicted molar refractivity (Wildman–Crippen MR) is 117 cm³/mol. The second kappa shape index (κ2) is 9.45. The molecule has 1 aromatic carbocycles. The lowest BCUT2D eigenvalue weighted by Gasteiger charge is -2.22. The number of hydrogen-bond acceptors (Lipinski definition) is 4. The highest BCUT2D eigenvalue weighted by Gasteiger charge is 2.26.